The molecule has 1 N–H and O–H groups in total. The first-order valence-electron chi connectivity index (χ1n) is 11.5. The number of aromatic nitrogens is 1. The second-order valence-electron chi connectivity index (χ2n) is 8.20. The maximum atomic E-state index is 13.3. The van der Waals surface area contributed by atoms with Crippen molar-refractivity contribution < 1.29 is 19.1 Å². The monoisotopic (exact) mass is 459 g/mol. The first kappa shape index (κ1) is 23.3. The van der Waals surface area contributed by atoms with Gasteiger partial charge in [-0.3, -0.25) is 14.6 Å². The van der Waals surface area contributed by atoms with Crippen LogP contribution in [0.3, 0.4) is 0 Å². The SMILES string of the molecule is COc1cc(CNC(=O)C(c2ccccc2)N2CCCCC2=O)ccc1OCc1ccncc1. The van der Waals surface area contributed by atoms with Gasteiger partial charge in [0.1, 0.15) is 12.6 Å². The number of carbonyl (C=O) groups excluding carboxylic acids is 2. The number of ether oxygens (including phenoxy) is 2. The van der Waals surface area contributed by atoms with Crippen LogP contribution in [0, 0.1) is 0 Å². The molecule has 2 amide bonds. The quantitative estimate of drug-likeness (QED) is 0.522. The lowest BCUT2D eigenvalue weighted by Crippen LogP contribution is -2.45. The molecule has 2 heterocycles. The second kappa shape index (κ2) is 11.3. The molecule has 1 unspecified atom stereocenters. The van der Waals surface area contributed by atoms with Crippen LogP contribution in [0.2, 0.25) is 0 Å². The Labute approximate surface area is 199 Å². The summed E-state index contributed by atoms with van der Waals surface area (Å²) in [7, 11) is 1.59. The number of rotatable bonds is 9. The first-order chi connectivity index (χ1) is 16.7. The zero-order valence-electron chi connectivity index (χ0n) is 19.3. The lowest BCUT2D eigenvalue weighted by molar-refractivity contribution is -0.142. The van der Waals surface area contributed by atoms with Gasteiger partial charge in [-0.2, -0.15) is 0 Å². The molecule has 0 aliphatic carbocycles. The predicted molar refractivity (Wildman–Crippen MR) is 128 cm³/mol. The van der Waals surface area contributed by atoms with E-state index in [2.05, 4.69) is 10.3 Å². The molecule has 1 aliphatic heterocycles. The Hall–Kier alpha value is -3.87. The smallest absolute Gasteiger partial charge is 0.247 e. The highest BCUT2D eigenvalue weighted by molar-refractivity contribution is 5.89. The minimum atomic E-state index is -0.640. The molecule has 34 heavy (non-hydrogen) atoms. The maximum Gasteiger partial charge on any atom is 0.247 e. The van der Waals surface area contributed by atoms with Gasteiger partial charge in [0.2, 0.25) is 11.8 Å². The minimum Gasteiger partial charge on any atom is -0.493 e. The zero-order valence-corrected chi connectivity index (χ0v) is 19.3. The third kappa shape index (κ3) is 5.73. The van der Waals surface area contributed by atoms with E-state index in [1.54, 1.807) is 24.4 Å². The third-order valence-corrected chi connectivity index (χ3v) is 5.87. The summed E-state index contributed by atoms with van der Waals surface area (Å²) in [5.41, 5.74) is 2.69. The maximum absolute atomic E-state index is 13.3. The Bertz CT molecular complexity index is 1110. The lowest BCUT2D eigenvalue weighted by Gasteiger charge is -2.34. The number of hydrogen-bond donors (Lipinski definition) is 1. The number of nitrogens with zero attached hydrogens (tertiary/aromatic N) is 2. The van der Waals surface area contributed by atoms with E-state index in [1.165, 1.54) is 0 Å². The van der Waals surface area contributed by atoms with Crippen molar-refractivity contribution >= 4 is 11.8 Å². The molecular formula is C27H29N3O4. The molecule has 0 radical (unpaired) electrons. The first-order valence-corrected chi connectivity index (χ1v) is 11.5. The van der Waals surface area contributed by atoms with Gasteiger partial charge in [0.25, 0.3) is 0 Å². The van der Waals surface area contributed by atoms with Crippen molar-refractivity contribution in [3.05, 3.63) is 89.7 Å². The standard InChI is InChI=1S/C27H29N3O4/c1-33-24-17-21(10-11-23(24)34-19-20-12-14-28-15-13-20)18-29-27(32)26(22-7-3-2-4-8-22)30-16-6-5-9-25(30)31/h2-4,7-8,10-15,17,26H,5-6,9,16,18-19H2,1H3,(H,29,32). The molecule has 1 aromatic heterocycles. The number of benzene rings is 2. The minimum absolute atomic E-state index is 0.0209. The van der Waals surface area contributed by atoms with E-state index in [9.17, 15) is 9.59 Å². The molecule has 4 rings (SSSR count). The van der Waals surface area contributed by atoms with Crippen molar-refractivity contribution in [1.82, 2.24) is 15.2 Å². The summed E-state index contributed by atoms with van der Waals surface area (Å²) in [6.45, 7) is 1.30. The van der Waals surface area contributed by atoms with Gasteiger partial charge < -0.3 is 19.7 Å². The summed E-state index contributed by atoms with van der Waals surface area (Å²) >= 11 is 0. The van der Waals surface area contributed by atoms with E-state index in [-0.39, 0.29) is 11.8 Å². The Balaban J connectivity index is 1.44. The zero-order chi connectivity index (χ0) is 23.8. The fraction of sp³-hybridized carbons (Fsp3) is 0.296. The lowest BCUT2D eigenvalue weighted by atomic mass is 10.0. The van der Waals surface area contributed by atoms with E-state index in [0.717, 1.165) is 29.5 Å². The Morgan fingerprint density at radius 3 is 2.56 bits per heavy atom. The van der Waals surface area contributed by atoms with Crippen molar-refractivity contribution in [1.29, 1.82) is 0 Å². The summed E-state index contributed by atoms with van der Waals surface area (Å²) in [4.78, 5) is 31.6. The number of pyridine rings is 1. The number of piperidine rings is 1. The summed E-state index contributed by atoms with van der Waals surface area (Å²) in [6, 6.07) is 18.2. The summed E-state index contributed by atoms with van der Waals surface area (Å²) < 4.78 is 11.4. The summed E-state index contributed by atoms with van der Waals surface area (Å²) in [5.74, 6) is 1.04. The van der Waals surface area contributed by atoms with Crippen molar-refractivity contribution in [3.63, 3.8) is 0 Å². The molecule has 176 valence electrons. The molecular weight excluding hydrogens is 430 g/mol. The predicted octanol–water partition coefficient (Wildman–Crippen LogP) is 4.04. The molecule has 1 fully saturated rings. The van der Waals surface area contributed by atoms with Gasteiger partial charge in [0.15, 0.2) is 11.5 Å². The Kier molecular flexibility index (Phi) is 7.75. The number of hydrogen-bond acceptors (Lipinski definition) is 5. The van der Waals surface area contributed by atoms with E-state index >= 15 is 0 Å². The van der Waals surface area contributed by atoms with E-state index in [0.29, 0.717) is 37.6 Å². The molecule has 1 aliphatic rings. The van der Waals surface area contributed by atoms with Crippen LogP contribution in [0.5, 0.6) is 11.5 Å². The molecule has 7 heteroatoms. The third-order valence-electron chi connectivity index (χ3n) is 5.87. The van der Waals surface area contributed by atoms with Crippen molar-refractivity contribution in [2.24, 2.45) is 0 Å². The largest absolute Gasteiger partial charge is 0.493 e. The van der Waals surface area contributed by atoms with E-state index < -0.39 is 6.04 Å². The summed E-state index contributed by atoms with van der Waals surface area (Å²) in [5, 5.41) is 3.01. The van der Waals surface area contributed by atoms with E-state index in [4.69, 9.17) is 9.47 Å². The number of methoxy groups -OCH3 is 1. The molecule has 1 atom stereocenters. The summed E-state index contributed by atoms with van der Waals surface area (Å²) in [6.07, 6.45) is 5.70. The van der Waals surface area contributed by atoms with Crippen LogP contribution in [0.25, 0.3) is 0 Å². The van der Waals surface area contributed by atoms with Gasteiger partial charge in [-0.25, -0.2) is 0 Å². The van der Waals surface area contributed by atoms with Crippen molar-refractivity contribution in [2.75, 3.05) is 13.7 Å². The van der Waals surface area contributed by atoms with E-state index in [1.807, 2.05) is 60.7 Å². The molecule has 2 aromatic carbocycles. The highest BCUT2D eigenvalue weighted by Crippen LogP contribution is 2.29. The van der Waals surface area contributed by atoms with Crippen LogP contribution >= 0.6 is 0 Å². The highest BCUT2D eigenvalue weighted by Gasteiger charge is 2.32. The molecule has 7 nitrogen and oxygen atoms in total. The van der Waals surface area contributed by atoms with Crippen LogP contribution in [0.15, 0.2) is 73.1 Å². The fourth-order valence-corrected chi connectivity index (χ4v) is 4.08. The Morgan fingerprint density at radius 2 is 1.82 bits per heavy atom. The molecule has 0 saturated carbocycles. The Morgan fingerprint density at radius 1 is 1.03 bits per heavy atom. The molecule has 1 saturated heterocycles. The average molecular weight is 460 g/mol. The van der Waals surface area contributed by atoms with Gasteiger partial charge in [-0.05, 0) is 53.8 Å². The molecule has 0 spiro atoms. The van der Waals surface area contributed by atoms with Gasteiger partial charge >= 0.3 is 0 Å². The van der Waals surface area contributed by atoms with Gasteiger partial charge in [-0.15, -0.1) is 0 Å². The topological polar surface area (TPSA) is 80.8 Å². The number of likely N-dealkylation sites (tertiary alicyclic amines) is 1. The van der Waals surface area contributed by atoms with Crippen LogP contribution in [0.4, 0.5) is 0 Å². The normalized spacial score (nSPS) is 14.4. The fourth-order valence-electron chi connectivity index (χ4n) is 4.08. The number of amides is 2. The van der Waals surface area contributed by atoms with Crippen molar-refractivity contribution in [2.45, 2.75) is 38.5 Å². The van der Waals surface area contributed by atoms with Crippen LogP contribution in [-0.2, 0) is 22.7 Å². The van der Waals surface area contributed by atoms with Gasteiger partial charge in [-0.1, -0.05) is 36.4 Å². The van der Waals surface area contributed by atoms with Crippen LogP contribution in [-0.4, -0.2) is 35.4 Å². The van der Waals surface area contributed by atoms with Gasteiger partial charge in [0, 0.05) is 31.9 Å². The van der Waals surface area contributed by atoms with Crippen LogP contribution in [0.1, 0.15) is 42.0 Å². The highest BCUT2D eigenvalue weighted by atomic mass is 16.5. The average Bonchev–Trinajstić information content (AvgIpc) is 2.89. The van der Waals surface area contributed by atoms with Crippen LogP contribution < -0.4 is 14.8 Å². The number of nitrogens with one attached hydrogen (secondary N) is 1. The van der Waals surface area contributed by atoms with Crippen molar-refractivity contribution in [3.8, 4) is 11.5 Å². The second-order valence-corrected chi connectivity index (χ2v) is 8.20. The molecule has 0 bridgehead atoms. The molecule has 3 aromatic rings. The number of carbonyl (C=O) groups is 2. The van der Waals surface area contributed by atoms with Gasteiger partial charge in [0.05, 0.1) is 7.11 Å².